The number of benzene rings is 1. The molecule has 0 aliphatic heterocycles. The van der Waals surface area contributed by atoms with E-state index in [-0.39, 0.29) is 11.3 Å². The van der Waals surface area contributed by atoms with Crippen molar-refractivity contribution in [3.05, 3.63) is 40.2 Å². The second kappa shape index (κ2) is 3.42. The van der Waals surface area contributed by atoms with Gasteiger partial charge in [0.1, 0.15) is 5.75 Å². The summed E-state index contributed by atoms with van der Waals surface area (Å²) in [6.07, 6.45) is 0. The average Bonchev–Trinajstić information content (AvgIpc) is 2.18. The van der Waals surface area contributed by atoms with Crippen molar-refractivity contribution in [1.29, 1.82) is 0 Å². The molecular weight excluding hydrogens is 190 g/mol. The summed E-state index contributed by atoms with van der Waals surface area (Å²) < 4.78 is 1.71. The molecule has 0 fully saturated rings. The molecule has 0 saturated carbocycles. The summed E-state index contributed by atoms with van der Waals surface area (Å²) >= 11 is 0. The molecule has 0 aliphatic rings. The van der Waals surface area contributed by atoms with Gasteiger partial charge in [-0.3, -0.25) is 4.79 Å². The molecule has 2 aromatic rings. The fourth-order valence-electron chi connectivity index (χ4n) is 1.96. The van der Waals surface area contributed by atoms with Gasteiger partial charge in [0.2, 0.25) is 0 Å². The summed E-state index contributed by atoms with van der Waals surface area (Å²) in [4.78, 5) is 11.6. The summed E-state index contributed by atoms with van der Waals surface area (Å²) in [6, 6.07) is 6.63. The first-order valence-corrected chi connectivity index (χ1v) is 4.96. The number of nitrogens with zero attached hydrogens (tertiary/aromatic N) is 1. The Kier molecular flexibility index (Phi) is 2.23. The highest BCUT2D eigenvalue weighted by Crippen LogP contribution is 2.22. The average molecular weight is 203 g/mol. The summed E-state index contributed by atoms with van der Waals surface area (Å²) in [7, 11) is 0. The zero-order valence-corrected chi connectivity index (χ0v) is 8.82. The van der Waals surface area contributed by atoms with E-state index in [0.717, 1.165) is 16.5 Å². The molecule has 1 aromatic carbocycles. The van der Waals surface area contributed by atoms with E-state index in [2.05, 4.69) is 0 Å². The number of aryl methyl sites for hydroxylation is 2. The van der Waals surface area contributed by atoms with Crippen LogP contribution in [0, 0.1) is 6.92 Å². The Labute approximate surface area is 87.6 Å². The first-order valence-electron chi connectivity index (χ1n) is 4.96. The van der Waals surface area contributed by atoms with Gasteiger partial charge >= 0.3 is 0 Å². The quantitative estimate of drug-likeness (QED) is 0.770. The summed E-state index contributed by atoms with van der Waals surface area (Å²) in [5, 5.41) is 10.4. The highest BCUT2D eigenvalue weighted by Gasteiger charge is 2.05. The van der Waals surface area contributed by atoms with E-state index in [1.807, 2.05) is 13.8 Å². The molecule has 15 heavy (non-hydrogen) atoms. The maximum atomic E-state index is 11.6. The van der Waals surface area contributed by atoms with Crippen LogP contribution in [0.25, 0.3) is 10.9 Å². The van der Waals surface area contributed by atoms with Gasteiger partial charge in [0.25, 0.3) is 5.56 Å². The van der Waals surface area contributed by atoms with E-state index in [4.69, 9.17) is 0 Å². The summed E-state index contributed by atoms with van der Waals surface area (Å²) in [5.74, 6) is 0.237. The lowest BCUT2D eigenvalue weighted by Gasteiger charge is -2.10. The minimum Gasteiger partial charge on any atom is -0.508 e. The van der Waals surface area contributed by atoms with Crippen LogP contribution in [0.15, 0.2) is 29.1 Å². The first kappa shape index (κ1) is 9.77. The predicted molar refractivity (Wildman–Crippen MR) is 60.3 cm³/mol. The molecule has 1 heterocycles. The lowest BCUT2D eigenvalue weighted by molar-refractivity contribution is 0.475. The SMILES string of the molecule is CCn1c(=O)ccc2cc(O)cc(C)c21. The van der Waals surface area contributed by atoms with Gasteiger partial charge in [0.05, 0.1) is 5.52 Å². The number of rotatable bonds is 1. The Morgan fingerprint density at radius 2 is 2.07 bits per heavy atom. The van der Waals surface area contributed by atoms with Gasteiger partial charge in [-0.2, -0.15) is 0 Å². The van der Waals surface area contributed by atoms with Crippen molar-refractivity contribution in [3.63, 3.8) is 0 Å². The molecule has 0 amide bonds. The van der Waals surface area contributed by atoms with Crippen LogP contribution >= 0.6 is 0 Å². The standard InChI is InChI=1S/C12H13NO2/c1-3-13-11(15)5-4-9-7-10(14)6-8(2)12(9)13/h4-7,14H,3H2,1-2H3. The molecule has 0 saturated heterocycles. The zero-order valence-electron chi connectivity index (χ0n) is 8.82. The Morgan fingerprint density at radius 1 is 1.33 bits per heavy atom. The van der Waals surface area contributed by atoms with E-state index in [0.29, 0.717) is 6.54 Å². The molecule has 0 spiro atoms. The topological polar surface area (TPSA) is 42.2 Å². The smallest absolute Gasteiger partial charge is 0.251 e. The molecule has 0 unspecified atom stereocenters. The number of hydrogen-bond acceptors (Lipinski definition) is 2. The zero-order chi connectivity index (χ0) is 11.0. The number of phenols is 1. The third kappa shape index (κ3) is 1.50. The van der Waals surface area contributed by atoms with Crippen LogP contribution in [-0.2, 0) is 6.54 Å². The molecule has 3 nitrogen and oxygen atoms in total. The lowest BCUT2D eigenvalue weighted by atomic mass is 10.1. The predicted octanol–water partition coefficient (Wildman–Crippen LogP) is 2.04. The number of hydrogen-bond donors (Lipinski definition) is 1. The molecule has 0 aliphatic carbocycles. The van der Waals surface area contributed by atoms with Crippen LogP contribution in [-0.4, -0.2) is 9.67 Å². The van der Waals surface area contributed by atoms with Crippen LogP contribution in [0.4, 0.5) is 0 Å². The maximum Gasteiger partial charge on any atom is 0.251 e. The van der Waals surface area contributed by atoms with Crippen molar-refractivity contribution in [2.24, 2.45) is 0 Å². The van der Waals surface area contributed by atoms with Crippen LogP contribution in [0.2, 0.25) is 0 Å². The molecule has 0 radical (unpaired) electrons. The molecule has 78 valence electrons. The molecular formula is C12H13NO2. The van der Waals surface area contributed by atoms with E-state index in [9.17, 15) is 9.90 Å². The monoisotopic (exact) mass is 203 g/mol. The molecule has 1 aromatic heterocycles. The lowest BCUT2D eigenvalue weighted by Crippen LogP contribution is -2.18. The van der Waals surface area contributed by atoms with E-state index in [1.54, 1.807) is 22.8 Å². The van der Waals surface area contributed by atoms with Gasteiger partial charge in [-0.1, -0.05) is 0 Å². The van der Waals surface area contributed by atoms with Crippen molar-refractivity contribution in [1.82, 2.24) is 4.57 Å². The van der Waals surface area contributed by atoms with E-state index >= 15 is 0 Å². The van der Waals surface area contributed by atoms with Gasteiger partial charge in [0.15, 0.2) is 0 Å². The summed E-state index contributed by atoms with van der Waals surface area (Å²) in [5.41, 5.74) is 1.83. The van der Waals surface area contributed by atoms with E-state index < -0.39 is 0 Å². The first-order chi connectivity index (χ1) is 7.13. The summed E-state index contributed by atoms with van der Waals surface area (Å²) in [6.45, 7) is 4.47. The number of fused-ring (bicyclic) bond motifs is 1. The van der Waals surface area contributed by atoms with E-state index in [1.165, 1.54) is 6.07 Å². The highest BCUT2D eigenvalue weighted by molar-refractivity contribution is 5.83. The fraction of sp³-hybridized carbons (Fsp3) is 0.250. The third-order valence-corrected chi connectivity index (χ3v) is 2.57. The largest absolute Gasteiger partial charge is 0.508 e. The fourth-order valence-corrected chi connectivity index (χ4v) is 1.96. The normalized spacial score (nSPS) is 10.8. The Morgan fingerprint density at radius 3 is 2.73 bits per heavy atom. The molecule has 2 rings (SSSR count). The number of phenolic OH excluding ortho intramolecular Hbond substituents is 1. The second-order valence-electron chi connectivity index (χ2n) is 3.62. The molecule has 3 heteroatoms. The number of aromatic hydroxyl groups is 1. The van der Waals surface area contributed by atoms with Crippen molar-refractivity contribution in [2.45, 2.75) is 20.4 Å². The Balaban J connectivity index is 2.98. The van der Waals surface area contributed by atoms with Gasteiger partial charge in [-0.15, -0.1) is 0 Å². The highest BCUT2D eigenvalue weighted by atomic mass is 16.3. The minimum absolute atomic E-state index is 0.00112. The Hall–Kier alpha value is -1.77. The van der Waals surface area contributed by atoms with Gasteiger partial charge in [-0.05, 0) is 37.6 Å². The number of pyridine rings is 1. The van der Waals surface area contributed by atoms with Crippen LogP contribution in [0.5, 0.6) is 5.75 Å². The van der Waals surface area contributed by atoms with Crippen LogP contribution in [0.1, 0.15) is 12.5 Å². The molecule has 1 N–H and O–H groups in total. The number of aromatic nitrogens is 1. The molecule has 0 bridgehead atoms. The second-order valence-corrected chi connectivity index (χ2v) is 3.62. The van der Waals surface area contributed by atoms with Gasteiger partial charge < -0.3 is 9.67 Å². The van der Waals surface area contributed by atoms with Crippen LogP contribution in [0.3, 0.4) is 0 Å². The van der Waals surface area contributed by atoms with Crippen LogP contribution < -0.4 is 5.56 Å². The van der Waals surface area contributed by atoms with Gasteiger partial charge in [-0.25, -0.2) is 0 Å². The van der Waals surface area contributed by atoms with Crippen molar-refractivity contribution < 1.29 is 5.11 Å². The van der Waals surface area contributed by atoms with Crippen molar-refractivity contribution >= 4 is 10.9 Å². The van der Waals surface area contributed by atoms with Crippen molar-refractivity contribution in [3.8, 4) is 5.75 Å². The van der Waals surface area contributed by atoms with Gasteiger partial charge in [0, 0.05) is 18.0 Å². The Bertz CT molecular complexity index is 570. The molecule has 0 atom stereocenters. The third-order valence-electron chi connectivity index (χ3n) is 2.57. The minimum atomic E-state index is -0.00112. The maximum absolute atomic E-state index is 11.6. The van der Waals surface area contributed by atoms with Crippen molar-refractivity contribution in [2.75, 3.05) is 0 Å².